The topological polar surface area (TPSA) is 39.1 Å². The first-order valence-corrected chi connectivity index (χ1v) is 8.01. The molecule has 1 aliphatic carbocycles. The monoisotopic (exact) mass is 265 g/mol. The Hall–Kier alpha value is -0.590. The van der Waals surface area contributed by atoms with Crippen LogP contribution < -0.4 is 5.32 Å². The summed E-state index contributed by atoms with van der Waals surface area (Å²) in [6.07, 6.45) is 5.49. The Labute approximate surface area is 119 Å². The van der Waals surface area contributed by atoms with Crippen LogP contribution in [0.5, 0.6) is 0 Å². The molecule has 0 spiro atoms. The molecule has 19 heavy (non-hydrogen) atoms. The second-order valence-corrected chi connectivity index (χ2v) is 6.12. The summed E-state index contributed by atoms with van der Waals surface area (Å²) >= 11 is 0. The van der Waals surface area contributed by atoms with Crippen molar-refractivity contribution in [2.45, 2.75) is 71.4 Å². The molecule has 110 valence electrons. The van der Waals surface area contributed by atoms with Crippen molar-refractivity contribution >= 4 is 0 Å². The maximum Gasteiger partial charge on any atom is 0.108 e. The van der Waals surface area contributed by atoms with Gasteiger partial charge in [-0.3, -0.25) is 5.32 Å². The Bertz CT molecular complexity index is 297. The SMILES string of the molecule is CCCNC1(C#N)CCC(N(CC)CC(C)CC)C1. The Morgan fingerprint density at radius 3 is 2.68 bits per heavy atom. The van der Waals surface area contributed by atoms with Gasteiger partial charge in [-0.25, -0.2) is 0 Å². The first-order chi connectivity index (χ1) is 9.10. The maximum atomic E-state index is 9.51. The van der Waals surface area contributed by atoms with E-state index in [4.69, 9.17) is 0 Å². The van der Waals surface area contributed by atoms with Gasteiger partial charge in [0.25, 0.3) is 0 Å². The number of hydrogen-bond acceptors (Lipinski definition) is 3. The van der Waals surface area contributed by atoms with Gasteiger partial charge in [-0.1, -0.05) is 34.1 Å². The second-order valence-electron chi connectivity index (χ2n) is 6.12. The van der Waals surface area contributed by atoms with E-state index in [1.807, 2.05) is 0 Å². The van der Waals surface area contributed by atoms with Crippen molar-refractivity contribution in [2.24, 2.45) is 5.92 Å². The Kier molecular flexibility index (Phi) is 6.82. The van der Waals surface area contributed by atoms with Crippen LogP contribution in [0.3, 0.4) is 0 Å². The summed E-state index contributed by atoms with van der Waals surface area (Å²) in [6.45, 7) is 12.2. The summed E-state index contributed by atoms with van der Waals surface area (Å²) < 4.78 is 0. The van der Waals surface area contributed by atoms with E-state index in [9.17, 15) is 5.26 Å². The molecule has 0 radical (unpaired) electrons. The fourth-order valence-corrected chi connectivity index (χ4v) is 3.06. The molecule has 0 aromatic carbocycles. The molecule has 0 aromatic heterocycles. The summed E-state index contributed by atoms with van der Waals surface area (Å²) in [4.78, 5) is 2.58. The molecule has 1 N–H and O–H groups in total. The lowest BCUT2D eigenvalue weighted by Crippen LogP contribution is -2.44. The second kappa shape index (κ2) is 7.87. The minimum Gasteiger partial charge on any atom is -0.300 e. The molecule has 0 aliphatic heterocycles. The third-order valence-corrected chi connectivity index (χ3v) is 4.58. The van der Waals surface area contributed by atoms with Crippen LogP contribution in [-0.4, -0.2) is 36.1 Å². The average molecular weight is 265 g/mol. The summed E-state index contributed by atoms with van der Waals surface area (Å²) in [6, 6.07) is 3.14. The minimum atomic E-state index is -0.260. The molecular weight excluding hydrogens is 234 g/mol. The molecule has 0 aromatic rings. The van der Waals surface area contributed by atoms with Crippen LogP contribution in [0.25, 0.3) is 0 Å². The number of nitriles is 1. The maximum absolute atomic E-state index is 9.51. The van der Waals surface area contributed by atoms with Crippen molar-refractivity contribution in [3.8, 4) is 6.07 Å². The summed E-state index contributed by atoms with van der Waals surface area (Å²) in [5, 5.41) is 13.0. The highest BCUT2D eigenvalue weighted by atomic mass is 15.2. The molecule has 1 fully saturated rings. The third kappa shape index (κ3) is 4.47. The third-order valence-electron chi connectivity index (χ3n) is 4.58. The first kappa shape index (κ1) is 16.5. The Balaban J connectivity index is 2.59. The van der Waals surface area contributed by atoms with Crippen LogP contribution in [-0.2, 0) is 0 Å². The highest BCUT2D eigenvalue weighted by Crippen LogP contribution is 2.33. The molecule has 0 amide bonds. The fraction of sp³-hybridized carbons (Fsp3) is 0.938. The van der Waals surface area contributed by atoms with Crippen molar-refractivity contribution in [2.75, 3.05) is 19.6 Å². The van der Waals surface area contributed by atoms with E-state index in [2.05, 4.69) is 44.0 Å². The van der Waals surface area contributed by atoms with Gasteiger partial charge in [0.15, 0.2) is 0 Å². The van der Waals surface area contributed by atoms with Crippen LogP contribution in [0.4, 0.5) is 0 Å². The van der Waals surface area contributed by atoms with Crippen LogP contribution in [0.1, 0.15) is 59.8 Å². The Morgan fingerprint density at radius 1 is 1.42 bits per heavy atom. The van der Waals surface area contributed by atoms with E-state index in [0.717, 1.165) is 44.7 Å². The highest BCUT2D eigenvalue weighted by molar-refractivity contribution is 5.13. The smallest absolute Gasteiger partial charge is 0.108 e. The Morgan fingerprint density at radius 2 is 2.16 bits per heavy atom. The number of hydrogen-bond donors (Lipinski definition) is 1. The van der Waals surface area contributed by atoms with Crippen molar-refractivity contribution < 1.29 is 0 Å². The molecule has 0 heterocycles. The number of nitrogens with zero attached hydrogens (tertiary/aromatic N) is 2. The average Bonchev–Trinajstić information content (AvgIpc) is 2.87. The van der Waals surface area contributed by atoms with E-state index in [0.29, 0.717) is 6.04 Å². The lowest BCUT2D eigenvalue weighted by atomic mass is 9.98. The lowest BCUT2D eigenvalue weighted by Gasteiger charge is -2.31. The molecule has 1 saturated carbocycles. The molecule has 0 bridgehead atoms. The standard InChI is InChI=1S/C16H31N3/c1-5-10-18-16(13-17)9-8-15(11-16)19(7-3)12-14(4)6-2/h14-15,18H,5-12H2,1-4H3. The summed E-state index contributed by atoms with van der Waals surface area (Å²) in [7, 11) is 0. The van der Waals surface area contributed by atoms with Gasteiger partial charge >= 0.3 is 0 Å². The predicted octanol–water partition coefficient (Wildman–Crippen LogP) is 3.17. The van der Waals surface area contributed by atoms with Gasteiger partial charge in [0, 0.05) is 12.6 Å². The normalized spacial score (nSPS) is 28.5. The van der Waals surface area contributed by atoms with Crippen LogP contribution >= 0.6 is 0 Å². The first-order valence-electron chi connectivity index (χ1n) is 8.01. The zero-order valence-electron chi connectivity index (χ0n) is 13.2. The van der Waals surface area contributed by atoms with Gasteiger partial charge in [-0.2, -0.15) is 5.26 Å². The van der Waals surface area contributed by atoms with Gasteiger partial charge in [0.1, 0.15) is 5.54 Å². The molecule has 3 nitrogen and oxygen atoms in total. The van der Waals surface area contributed by atoms with Gasteiger partial charge in [-0.15, -0.1) is 0 Å². The van der Waals surface area contributed by atoms with Crippen LogP contribution in [0, 0.1) is 17.2 Å². The summed E-state index contributed by atoms with van der Waals surface area (Å²) in [5.74, 6) is 0.751. The van der Waals surface area contributed by atoms with Crippen molar-refractivity contribution in [3.05, 3.63) is 0 Å². The molecule has 3 unspecified atom stereocenters. The van der Waals surface area contributed by atoms with E-state index in [-0.39, 0.29) is 5.54 Å². The molecule has 3 atom stereocenters. The quantitative estimate of drug-likeness (QED) is 0.732. The molecular formula is C16H31N3. The van der Waals surface area contributed by atoms with E-state index >= 15 is 0 Å². The zero-order valence-corrected chi connectivity index (χ0v) is 13.2. The lowest BCUT2D eigenvalue weighted by molar-refractivity contribution is 0.174. The van der Waals surface area contributed by atoms with Crippen molar-refractivity contribution in [1.29, 1.82) is 5.26 Å². The van der Waals surface area contributed by atoms with Crippen molar-refractivity contribution in [1.82, 2.24) is 10.2 Å². The highest BCUT2D eigenvalue weighted by Gasteiger charge is 2.40. The van der Waals surface area contributed by atoms with E-state index in [1.54, 1.807) is 0 Å². The molecule has 1 rings (SSSR count). The zero-order chi connectivity index (χ0) is 14.3. The molecule has 0 saturated heterocycles. The minimum absolute atomic E-state index is 0.260. The van der Waals surface area contributed by atoms with E-state index in [1.165, 1.54) is 13.0 Å². The van der Waals surface area contributed by atoms with Crippen LogP contribution in [0.2, 0.25) is 0 Å². The van der Waals surface area contributed by atoms with Gasteiger partial charge in [-0.05, 0) is 44.7 Å². The largest absolute Gasteiger partial charge is 0.300 e. The summed E-state index contributed by atoms with van der Waals surface area (Å²) in [5.41, 5.74) is -0.260. The molecule has 1 aliphatic rings. The fourth-order valence-electron chi connectivity index (χ4n) is 3.06. The van der Waals surface area contributed by atoms with Crippen molar-refractivity contribution in [3.63, 3.8) is 0 Å². The van der Waals surface area contributed by atoms with Gasteiger partial charge < -0.3 is 4.90 Å². The predicted molar refractivity (Wildman–Crippen MR) is 81.0 cm³/mol. The van der Waals surface area contributed by atoms with E-state index < -0.39 is 0 Å². The number of nitrogens with one attached hydrogen (secondary N) is 1. The van der Waals surface area contributed by atoms with Gasteiger partial charge in [0.2, 0.25) is 0 Å². The van der Waals surface area contributed by atoms with Gasteiger partial charge in [0.05, 0.1) is 6.07 Å². The molecule has 3 heteroatoms. The number of rotatable bonds is 8. The van der Waals surface area contributed by atoms with Crippen LogP contribution in [0.15, 0.2) is 0 Å².